The highest BCUT2D eigenvalue weighted by atomic mass is 16.6. The molecule has 1 saturated heterocycles. The van der Waals surface area contributed by atoms with Crippen LogP contribution in [0.5, 0.6) is 5.75 Å². The van der Waals surface area contributed by atoms with Crippen LogP contribution in [0.1, 0.15) is 48.4 Å². The number of rotatable bonds is 18. The minimum atomic E-state index is -0.406. The van der Waals surface area contributed by atoms with Gasteiger partial charge in [0.1, 0.15) is 19.0 Å². The van der Waals surface area contributed by atoms with Crippen molar-refractivity contribution in [3.8, 4) is 5.75 Å². The minimum Gasteiger partial charge on any atom is -0.490 e. The molecule has 2 heterocycles. The summed E-state index contributed by atoms with van der Waals surface area (Å²) < 4.78 is 35.0. The first-order chi connectivity index (χ1) is 25.3. The molecule has 2 aliphatic heterocycles. The number of likely N-dealkylation sites (tertiary alicyclic amines) is 1. The van der Waals surface area contributed by atoms with E-state index in [1.54, 1.807) is 19.1 Å². The molecular weight excluding hydrogens is 662 g/mol. The van der Waals surface area contributed by atoms with Crippen LogP contribution in [0.25, 0.3) is 0 Å². The van der Waals surface area contributed by atoms with Crippen LogP contribution >= 0.6 is 0 Å². The number of carbonyl (C=O) groups is 2. The average molecular weight is 718 g/mol. The van der Waals surface area contributed by atoms with Crippen LogP contribution < -0.4 is 15.0 Å². The van der Waals surface area contributed by atoms with E-state index in [9.17, 15) is 9.59 Å². The molecule has 3 aromatic carbocycles. The highest BCUT2D eigenvalue weighted by molar-refractivity contribution is 5.73. The lowest BCUT2D eigenvalue weighted by atomic mass is 9.78. The molecule has 1 N–H and O–H groups in total. The summed E-state index contributed by atoms with van der Waals surface area (Å²) in [5, 5.41) is 3.01. The summed E-state index contributed by atoms with van der Waals surface area (Å²) in [6, 6.07) is 24.3. The van der Waals surface area contributed by atoms with Crippen LogP contribution in [0.3, 0.4) is 0 Å². The number of benzene rings is 3. The normalized spacial score (nSPS) is 19.0. The highest BCUT2D eigenvalue weighted by Crippen LogP contribution is 2.37. The van der Waals surface area contributed by atoms with Crippen LogP contribution in [0, 0.1) is 11.8 Å². The molecule has 3 aromatic rings. The number of nitrogens with one attached hydrogen (secondary N) is 1. The maximum absolute atomic E-state index is 13.6. The second-order valence-electron chi connectivity index (χ2n) is 13.8. The quantitative estimate of drug-likeness (QED) is 0.164. The van der Waals surface area contributed by atoms with Gasteiger partial charge in [-0.05, 0) is 40.8 Å². The van der Waals surface area contributed by atoms with Crippen LogP contribution in [0.2, 0.25) is 0 Å². The van der Waals surface area contributed by atoms with Crippen molar-refractivity contribution in [2.45, 2.75) is 52.1 Å². The zero-order valence-electron chi connectivity index (χ0n) is 31.1. The fourth-order valence-corrected chi connectivity index (χ4v) is 6.96. The van der Waals surface area contributed by atoms with Gasteiger partial charge in [-0.3, -0.25) is 4.79 Å². The van der Waals surface area contributed by atoms with E-state index in [1.807, 2.05) is 42.5 Å². The number of fused-ring (bicyclic) bond motifs is 1. The van der Waals surface area contributed by atoms with E-state index < -0.39 is 6.09 Å². The first kappa shape index (κ1) is 39.1. The number of anilines is 1. The van der Waals surface area contributed by atoms with E-state index in [-0.39, 0.29) is 30.5 Å². The Balaban J connectivity index is 1.36. The van der Waals surface area contributed by atoms with Crippen molar-refractivity contribution in [3.63, 3.8) is 0 Å². The second kappa shape index (κ2) is 20.2. The van der Waals surface area contributed by atoms with Crippen LogP contribution in [-0.2, 0) is 48.3 Å². The van der Waals surface area contributed by atoms with Crippen molar-refractivity contribution in [2.24, 2.45) is 11.8 Å². The molecule has 282 valence electrons. The molecule has 4 atom stereocenters. The Bertz CT molecular complexity index is 1540. The number of piperidine rings is 1. The number of amides is 2. The number of nitrogens with zero attached hydrogens (tertiary/aromatic N) is 2. The zero-order valence-corrected chi connectivity index (χ0v) is 31.1. The number of carbonyl (C=O) groups excluding carboxylic acids is 2. The third-order valence-electron chi connectivity index (χ3n) is 9.55. The molecule has 1 fully saturated rings. The van der Waals surface area contributed by atoms with Crippen LogP contribution in [0.4, 0.5) is 10.5 Å². The topological polar surface area (TPSA) is 108 Å². The summed E-state index contributed by atoms with van der Waals surface area (Å²) in [7, 11) is 3.42. The molecule has 2 aliphatic rings. The van der Waals surface area contributed by atoms with Gasteiger partial charge in [0.2, 0.25) is 5.91 Å². The lowest BCUT2D eigenvalue weighted by Crippen LogP contribution is -2.53. The third kappa shape index (κ3) is 11.4. The van der Waals surface area contributed by atoms with E-state index in [0.717, 1.165) is 53.2 Å². The van der Waals surface area contributed by atoms with Gasteiger partial charge in [-0.15, -0.1) is 0 Å². The number of methoxy groups -OCH3 is 2. The molecule has 0 radical (unpaired) electrons. The van der Waals surface area contributed by atoms with E-state index >= 15 is 0 Å². The largest absolute Gasteiger partial charge is 0.490 e. The second-order valence-corrected chi connectivity index (χ2v) is 13.8. The summed E-state index contributed by atoms with van der Waals surface area (Å²) in [5.74, 6) is 0.817. The lowest BCUT2D eigenvalue weighted by Gasteiger charge is -2.43. The highest BCUT2D eigenvalue weighted by Gasteiger charge is 2.41. The fourth-order valence-electron chi connectivity index (χ4n) is 6.96. The Kier molecular flexibility index (Phi) is 15.2. The Hall–Kier alpha value is -4.16. The molecule has 0 saturated carbocycles. The van der Waals surface area contributed by atoms with Gasteiger partial charge < -0.3 is 43.5 Å². The Morgan fingerprint density at radius 2 is 1.67 bits per heavy atom. The van der Waals surface area contributed by atoms with Gasteiger partial charge >= 0.3 is 6.09 Å². The summed E-state index contributed by atoms with van der Waals surface area (Å²) in [5.41, 5.74) is 5.12. The summed E-state index contributed by atoms with van der Waals surface area (Å²) >= 11 is 0. The molecule has 0 bridgehead atoms. The first-order valence-electron chi connectivity index (χ1n) is 18.3. The Morgan fingerprint density at radius 1 is 0.904 bits per heavy atom. The van der Waals surface area contributed by atoms with Gasteiger partial charge in [0, 0.05) is 65.1 Å². The molecule has 11 heteroatoms. The number of ether oxygens (including phenoxy) is 6. The number of hydrogen-bond donors (Lipinski definition) is 1. The van der Waals surface area contributed by atoms with Gasteiger partial charge in [0.25, 0.3) is 0 Å². The van der Waals surface area contributed by atoms with Crippen molar-refractivity contribution in [1.29, 1.82) is 0 Å². The summed E-state index contributed by atoms with van der Waals surface area (Å²) in [6.07, 6.45) is 0.139. The lowest BCUT2D eigenvalue weighted by molar-refractivity contribution is -0.119. The van der Waals surface area contributed by atoms with E-state index in [1.165, 1.54) is 6.92 Å². The molecule has 1 unspecified atom stereocenters. The first-order valence-corrected chi connectivity index (χ1v) is 18.3. The van der Waals surface area contributed by atoms with Crippen molar-refractivity contribution in [1.82, 2.24) is 10.2 Å². The Labute approximate surface area is 308 Å². The van der Waals surface area contributed by atoms with E-state index in [4.69, 9.17) is 28.4 Å². The van der Waals surface area contributed by atoms with Crippen LogP contribution in [-0.4, -0.2) is 96.4 Å². The van der Waals surface area contributed by atoms with Crippen molar-refractivity contribution < 1.29 is 38.0 Å². The van der Waals surface area contributed by atoms with Gasteiger partial charge in [-0.2, -0.15) is 0 Å². The van der Waals surface area contributed by atoms with E-state index in [2.05, 4.69) is 47.5 Å². The zero-order chi connectivity index (χ0) is 36.7. The van der Waals surface area contributed by atoms with Gasteiger partial charge in [-0.1, -0.05) is 67.6 Å². The smallest absolute Gasteiger partial charge is 0.410 e. The fraction of sp³-hybridized carbons (Fsp3) is 0.512. The third-order valence-corrected chi connectivity index (χ3v) is 9.55. The SMILES string of the molecule is COCCCN1CCOc2ccc(CO[C@H]3CN(C(=O)OCc4ccccc4)C[C@@H](CNC(C)=O)[C@@H]3c3ccc(COCC(C)COC)cc3)cc21. The van der Waals surface area contributed by atoms with E-state index in [0.29, 0.717) is 65.2 Å². The maximum atomic E-state index is 13.6. The predicted molar refractivity (Wildman–Crippen MR) is 199 cm³/mol. The van der Waals surface area contributed by atoms with Crippen LogP contribution in [0.15, 0.2) is 72.8 Å². The minimum absolute atomic E-state index is 0.104. The molecule has 2 amide bonds. The van der Waals surface area contributed by atoms with Gasteiger partial charge in [0.05, 0.1) is 51.3 Å². The predicted octanol–water partition coefficient (Wildman–Crippen LogP) is 5.79. The molecule has 5 rings (SSSR count). The van der Waals surface area contributed by atoms with Gasteiger partial charge in [0.15, 0.2) is 0 Å². The van der Waals surface area contributed by atoms with Crippen molar-refractivity contribution in [2.75, 3.05) is 78.3 Å². The molecule has 52 heavy (non-hydrogen) atoms. The average Bonchev–Trinajstić information content (AvgIpc) is 3.16. The van der Waals surface area contributed by atoms with Crippen molar-refractivity contribution in [3.05, 3.63) is 95.1 Å². The number of hydrogen-bond acceptors (Lipinski definition) is 9. The summed E-state index contributed by atoms with van der Waals surface area (Å²) in [6.45, 7) is 10.1. The molecule has 0 spiro atoms. The Morgan fingerprint density at radius 3 is 2.42 bits per heavy atom. The van der Waals surface area contributed by atoms with Crippen molar-refractivity contribution >= 4 is 17.7 Å². The molecule has 0 aromatic heterocycles. The maximum Gasteiger partial charge on any atom is 0.410 e. The van der Waals surface area contributed by atoms with Gasteiger partial charge in [-0.25, -0.2) is 4.79 Å². The standard InChI is InChI=1S/C41H55N3O8/c1-30(25-48-4)26-49-27-33-11-14-35(15-12-33)40-36(22-42-31(2)45)23-44(41(46)52-28-32-9-6-5-7-10-32)24-39(40)51-29-34-13-16-38-37(21-34)43(18-20-50-38)17-8-19-47-3/h5-7,9-16,21,30,36,39-40H,8,17-20,22-29H2,1-4H3,(H,42,45)/t30?,36-,39+,40+/m1/s1. The molecule has 11 nitrogen and oxygen atoms in total. The summed E-state index contributed by atoms with van der Waals surface area (Å²) in [4.78, 5) is 29.8. The molecular formula is C41H55N3O8. The monoisotopic (exact) mass is 717 g/mol. The molecule has 0 aliphatic carbocycles.